The Morgan fingerprint density at radius 1 is 1.75 bits per heavy atom. The molecule has 5 heteroatoms. The van der Waals surface area contributed by atoms with E-state index in [0.29, 0.717) is 0 Å². The fraction of sp³-hybridized carbons (Fsp3) is 0.429. The molecule has 0 aliphatic rings. The highest BCUT2D eigenvalue weighted by molar-refractivity contribution is 5.88. The van der Waals surface area contributed by atoms with E-state index in [1.54, 1.807) is 14.1 Å². The molecule has 0 spiro atoms. The largest absolute Gasteiger partial charge is 0.461 e. The minimum atomic E-state index is -0.448. The van der Waals surface area contributed by atoms with Gasteiger partial charge in [0.05, 0.1) is 0 Å². The lowest BCUT2D eigenvalue weighted by molar-refractivity contribution is 0.226. The summed E-state index contributed by atoms with van der Waals surface area (Å²) in [6.45, 7) is 3.66. The van der Waals surface area contributed by atoms with E-state index in [9.17, 15) is 4.79 Å². The zero-order chi connectivity index (χ0) is 9.56. The molecule has 0 aliphatic heterocycles. The van der Waals surface area contributed by atoms with Crippen molar-refractivity contribution in [3.63, 3.8) is 0 Å². The number of amidine groups is 1. The quantitative estimate of drug-likeness (QED) is 0.366. The molecule has 0 aromatic rings. The van der Waals surface area contributed by atoms with Crippen LogP contribution in [0.25, 0.3) is 0 Å². The molecule has 68 valence electrons. The molecule has 0 saturated carbocycles. The molecule has 12 heavy (non-hydrogen) atoms. The Hall–Kier alpha value is -1.52. The minimum absolute atomic E-state index is 0.145. The molecule has 0 aromatic carbocycles. The number of nitrogens with zero attached hydrogens (tertiary/aromatic N) is 2. The number of ether oxygens (including phenoxy) is 1. The summed E-state index contributed by atoms with van der Waals surface area (Å²) < 4.78 is 4.77. The van der Waals surface area contributed by atoms with Crippen molar-refractivity contribution in [3.8, 4) is 0 Å². The van der Waals surface area contributed by atoms with E-state index in [-0.39, 0.29) is 12.6 Å². The molecule has 0 rings (SSSR count). The second-order valence-electron chi connectivity index (χ2n) is 2.23. The third kappa shape index (κ3) is 4.32. The van der Waals surface area contributed by atoms with Gasteiger partial charge in [-0.05, 0) is 0 Å². The molecular weight excluding hydrogens is 158 g/mol. The summed E-state index contributed by atoms with van der Waals surface area (Å²) in [6.07, 6.45) is 1.52. The molecular formula is C7H13N3O2. The molecule has 0 bridgehead atoms. The van der Waals surface area contributed by atoms with Gasteiger partial charge in [-0.1, -0.05) is 12.7 Å². The Morgan fingerprint density at radius 3 is 2.75 bits per heavy atom. The van der Waals surface area contributed by atoms with Crippen LogP contribution in [0.5, 0.6) is 0 Å². The van der Waals surface area contributed by atoms with Crippen LogP contribution >= 0.6 is 0 Å². The summed E-state index contributed by atoms with van der Waals surface area (Å²) >= 11 is 0. The summed E-state index contributed by atoms with van der Waals surface area (Å²) in [5.74, 6) is 0. The Balaban J connectivity index is 3.97. The minimum Gasteiger partial charge on any atom is -0.461 e. The van der Waals surface area contributed by atoms with Crippen molar-refractivity contribution < 1.29 is 9.53 Å². The number of amides is 2. The zero-order valence-corrected chi connectivity index (χ0v) is 7.28. The number of aliphatic imine (C=N–C) groups is 1. The number of hydrogen-bond donors (Lipinski definition) is 1. The van der Waals surface area contributed by atoms with Gasteiger partial charge in [-0.25, -0.2) is 4.79 Å². The van der Waals surface area contributed by atoms with Gasteiger partial charge in [0.25, 0.3) is 6.02 Å². The Kier molecular flexibility index (Phi) is 4.52. The number of hydrogen-bond acceptors (Lipinski definition) is 2. The van der Waals surface area contributed by atoms with Crippen molar-refractivity contribution in [1.29, 1.82) is 0 Å². The molecule has 0 saturated heterocycles. The van der Waals surface area contributed by atoms with E-state index in [2.05, 4.69) is 11.6 Å². The Labute approximate surface area is 71.5 Å². The normalized spacial score (nSPS) is 10.7. The predicted octanol–water partition coefficient (Wildman–Crippen LogP) is 0.185. The molecule has 0 radical (unpaired) electrons. The van der Waals surface area contributed by atoms with Gasteiger partial charge in [0.15, 0.2) is 0 Å². The lowest BCUT2D eigenvalue weighted by atomic mass is 10.7. The third-order valence-corrected chi connectivity index (χ3v) is 0.937. The molecule has 2 N–H and O–H groups in total. The van der Waals surface area contributed by atoms with E-state index >= 15 is 0 Å². The molecule has 5 nitrogen and oxygen atoms in total. The lowest BCUT2D eigenvalue weighted by Gasteiger charge is -2.06. The fourth-order valence-electron chi connectivity index (χ4n) is 0.371. The van der Waals surface area contributed by atoms with Crippen molar-refractivity contribution in [3.05, 3.63) is 12.7 Å². The SMILES string of the molecule is C=CCO/C(N)=N\C(=O)N(C)C. The van der Waals surface area contributed by atoms with Gasteiger partial charge in [0.1, 0.15) is 6.61 Å². The van der Waals surface area contributed by atoms with Crippen molar-refractivity contribution in [2.45, 2.75) is 0 Å². The van der Waals surface area contributed by atoms with Crippen LogP contribution in [0, 0.1) is 0 Å². The van der Waals surface area contributed by atoms with Crippen LogP contribution in [0.15, 0.2) is 17.6 Å². The van der Waals surface area contributed by atoms with Crippen LogP contribution in [-0.4, -0.2) is 37.7 Å². The molecule has 0 aliphatic carbocycles. The Morgan fingerprint density at radius 2 is 2.33 bits per heavy atom. The summed E-state index contributed by atoms with van der Waals surface area (Å²) in [6, 6.07) is -0.592. The highest BCUT2D eigenvalue weighted by Gasteiger charge is 2.01. The first-order valence-electron chi connectivity index (χ1n) is 3.37. The maximum Gasteiger partial charge on any atom is 0.347 e. The molecule has 0 fully saturated rings. The van der Waals surface area contributed by atoms with Crippen LogP contribution in [0.3, 0.4) is 0 Å². The van der Waals surface area contributed by atoms with Gasteiger partial charge >= 0.3 is 6.03 Å². The molecule has 0 atom stereocenters. The van der Waals surface area contributed by atoms with Crippen molar-refractivity contribution in [2.75, 3.05) is 20.7 Å². The molecule has 0 heterocycles. The van der Waals surface area contributed by atoms with Gasteiger partial charge in [-0.2, -0.15) is 0 Å². The standard InChI is InChI=1S/C7H13N3O2/c1-4-5-12-6(8)9-7(11)10(2)3/h4H,1,5H2,2-3H3,(H2,8,9,11). The first kappa shape index (κ1) is 10.5. The maximum atomic E-state index is 10.9. The number of carbonyl (C=O) groups excluding carboxylic acids is 1. The van der Waals surface area contributed by atoms with E-state index in [0.717, 1.165) is 0 Å². The average Bonchev–Trinajstić information content (AvgIpc) is 2.00. The number of nitrogens with two attached hydrogens (primary N) is 1. The van der Waals surface area contributed by atoms with Crippen LogP contribution in [0.2, 0.25) is 0 Å². The molecule has 0 aromatic heterocycles. The smallest absolute Gasteiger partial charge is 0.347 e. The highest BCUT2D eigenvalue weighted by atomic mass is 16.5. The first-order chi connectivity index (χ1) is 5.57. The number of carbonyl (C=O) groups is 1. The van der Waals surface area contributed by atoms with Gasteiger partial charge in [-0.3, -0.25) is 0 Å². The van der Waals surface area contributed by atoms with E-state index < -0.39 is 6.03 Å². The molecule has 2 amide bonds. The third-order valence-electron chi connectivity index (χ3n) is 0.937. The Bertz CT molecular complexity index is 199. The van der Waals surface area contributed by atoms with Crippen LogP contribution in [-0.2, 0) is 4.74 Å². The van der Waals surface area contributed by atoms with Gasteiger partial charge in [0, 0.05) is 14.1 Å². The van der Waals surface area contributed by atoms with Crippen molar-refractivity contribution >= 4 is 12.1 Å². The van der Waals surface area contributed by atoms with Crippen LogP contribution in [0.4, 0.5) is 4.79 Å². The van der Waals surface area contributed by atoms with E-state index in [4.69, 9.17) is 10.5 Å². The monoisotopic (exact) mass is 171 g/mol. The summed E-state index contributed by atoms with van der Waals surface area (Å²) in [4.78, 5) is 15.6. The number of rotatable bonds is 2. The summed E-state index contributed by atoms with van der Waals surface area (Å²) in [5.41, 5.74) is 5.23. The van der Waals surface area contributed by atoms with Gasteiger partial charge in [-0.15, -0.1) is 4.99 Å². The van der Waals surface area contributed by atoms with E-state index in [1.807, 2.05) is 0 Å². The second kappa shape index (κ2) is 5.17. The van der Waals surface area contributed by atoms with Crippen LogP contribution < -0.4 is 5.73 Å². The summed E-state index contributed by atoms with van der Waals surface area (Å²) in [5, 5.41) is 0. The predicted molar refractivity (Wildman–Crippen MR) is 46.9 cm³/mol. The van der Waals surface area contributed by atoms with E-state index in [1.165, 1.54) is 11.0 Å². The molecule has 0 unspecified atom stereocenters. The van der Waals surface area contributed by atoms with Crippen molar-refractivity contribution in [1.82, 2.24) is 4.90 Å². The average molecular weight is 171 g/mol. The zero-order valence-electron chi connectivity index (χ0n) is 7.28. The fourth-order valence-corrected chi connectivity index (χ4v) is 0.371. The van der Waals surface area contributed by atoms with Crippen molar-refractivity contribution in [2.24, 2.45) is 10.7 Å². The number of urea groups is 1. The summed E-state index contributed by atoms with van der Waals surface area (Å²) in [7, 11) is 3.15. The van der Waals surface area contributed by atoms with Gasteiger partial charge < -0.3 is 15.4 Å². The maximum absolute atomic E-state index is 10.9. The highest BCUT2D eigenvalue weighted by Crippen LogP contribution is 1.85. The first-order valence-corrected chi connectivity index (χ1v) is 3.37. The van der Waals surface area contributed by atoms with Gasteiger partial charge in [0.2, 0.25) is 0 Å². The lowest BCUT2D eigenvalue weighted by Crippen LogP contribution is -2.24. The van der Waals surface area contributed by atoms with Crippen LogP contribution in [0.1, 0.15) is 0 Å². The second-order valence-corrected chi connectivity index (χ2v) is 2.23. The topological polar surface area (TPSA) is 67.9 Å².